The third kappa shape index (κ3) is 5.14. The second-order valence-electron chi connectivity index (χ2n) is 8.56. The lowest BCUT2D eigenvalue weighted by molar-refractivity contribution is -0.111. The van der Waals surface area contributed by atoms with Gasteiger partial charge in [-0.2, -0.15) is 9.97 Å². The van der Waals surface area contributed by atoms with E-state index in [0.717, 1.165) is 37.9 Å². The van der Waals surface area contributed by atoms with E-state index in [0.29, 0.717) is 11.4 Å². The van der Waals surface area contributed by atoms with Crippen molar-refractivity contribution < 1.29 is 9.18 Å². The van der Waals surface area contributed by atoms with Crippen LogP contribution in [-0.2, 0) is 4.79 Å². The molecule has 0 bridgehead atoms. The molecule has 0 spiro atoms. The predicted molar refractivity (Wildman–Crippen MR) is 139 cm³/mol. The zero-order chi connectivity index (χ0) is 25.9. The molecule has 1 aromatic carbocycles. The highest BCUT2D eigenvalue weighted by Crippen LogP contribution is 2.25. The van der Waals surface area contributed by atoms with Gasteiger partial charge >= 0.3 is 0 Å². The van der Waals surface area contributed by atoms with Gasteiger partial charge in [-0.25, -0.2) is 9.37 Å². The van der Waals surface area contributed by atoms with Gasteiger partial charge in [-0.3, -0.25) is 19.1 Å². The van der Waals surface area contributed by atoms with Gasteiger partial charge in [0.2, 0.25) is 11.9 Å². The molecule has 0 aliphatic carbocycles. The summed E-state index contributed by atoms with van der Waals surface area (Å²) in [4.78, 5) is 45.1. The first-order valence-electron chi connectivity index (χ1n) is 11.5. The number of aromatic nitrogens is 5. The number of piperazine rings is 1. The molecule has 1 aliphatic rings. The summed E-state index contributed by atoms with van der Waals surface area (Å²) >= 11 is 0. The van der Waals surface area contributed by atoms with Crippen LogP contribution >= 0.6 is 0 Å². The number of hydrogen-bond donors (Lipinski definition) is 2. The Morgan fingerprint density at radius 2 is 1.89 bits per heavy atom. The van der Waals surface area contributed by atoms with Crippen molar-refractivity contribution in [3.8, 4) is 5.69 Å². The van der Waals surface area contributed by atoms with Crippen LogP contribution in [0.25, 0.3) is 16.7 Å². The molecule has 188 valence electrons. The van der Waals surface area contributed by atoms with Crippen molar-refractivity contribution in [1.29, 1.82) is 0 Å². The Hall–Kier alpha value is -4.71. The van der Waals surface area contributed by atoms with Crippen molar-refractivity contribution in [3.05, 3.63) is 78.0 Å². The standard InChI is InChI=1S/C25H24FN9O2/c1-3-22(36)30-16-10-18(13-27-12-16)35-15-29-24(37)19-14-28-25(32-23(19)35)31-21-5-4-17(11-20(21)26)34-8-6-33(2)7-9-34/h3-5,10-15H,1,6-9H2,2H3,(H,30,36)(H,28,31,32). The summed E-state index contributed by atoms with van der Waals surface area (Å²) in [5.41, 5.74) is 1.66. The number of carbonyl (C=O) groups is 1. The number of rotatable bonds is 6. The van der Waals surface area contributed by atoms with Gasteiger partial charge in [0.1, 0.15) is 17.5 Å². The number of anilines is 4. The molecule has 4 aromatic rings. The normalized spacial score (nSPS) is 13.9. The van der Waals surface area contributed by atoms with E-state index in [4.69, 9.17) is 0 Å². The summed E-state index contributed by atoms with van der Waals surface area (Å²) in [5.74, 6) is -0.736. The molecule has 1 saturated heterocycles. The molecule has 0 atom stereocenters. The Kier molecular flexibility index (Phi) is 6.56. The van der Waals surface area contributed by atoms with Crippen LogP contribution in [0, 0.1) is 5.82 Å². The van der Waals surface area contributed by atoms with Gasteiger partial charge in [0, 0.05) is 38.1 Å². The zero-order valence-electron chi connectivity index (χ0n) is 20.1. The number of carbonyl (C=O) groups excluding carboxylic acids is 1. The Morgan fingerprint density at radius 1 is 1.08 bits per heavy atom. The molecule has 4 heterocycles. The largest absolute Gasteiger partial charge is 0.369 e. The molecule has 37 heavy (non-hydrogen) atoms. The van der Waals surface area contributed by atoms with Crippen molar-refractivity contribution in [2.75, 3.05) is 48.8 Å². The molecular formula is C25H24FN9O2. The van der Waals surface area contributed by atoms with E-state index < -0.39 is 17.3 Å². The van der Waals surface area contributed by atoms with E-state index in [9.17, 15) is 14.0 Å². The maximum Gasteiger partial charge on any atom is 0.283 e. The number of likely N-dealkylation sites (N-methyl/N-ethyl adjacent to an activating group) is 1. The number of nitrogens with one attached hydrogen (secondary N) is 2. The molecule has 0 radical (unpaired) electrons. The molecule has 0 unspecified atom stereocenters. The van der Waals surface area contributed by atoms with Crippen LogP contribution in [0.4, 0.5) is 27.4 Å². The number of halogens is 1. The topological polar surface area (TPSA) is 121 Å². The van der Waals surface area contributed by atoms with Crippen LogP contribution in [0.2, 0.25) is 0 Å². The molecular weight excluding hydrogens is 477 g/mol. The fourth-order valence-electron chi connectivity index (χ4n) is 4.00. The summed E-state index contributed by atoms with van der Waals surface area (Å²) in [6, 6.07) is 6.63. The van der Waals surface area contributed by atoms with Gasteiger partial charge in [-0.15, -0.1) is 0 Å². The first-order chi connectivity index (χ1) is 17.9. The average molecular weight is 502 g/mol. The van der Waals surface area contributed by atoms with Crippen molar-refractivity contribution in [3.63, 3.8) is 0 Å². The fourth-order valence-corrected chi connectivity index (χ4v) is 4.00. The van der Waals surface area contributed by atoms with Crippen molar-refractivity contribution in [2.24, 2.45) is 0 Å². The van der Waals surface area contributed by atoms with Crippen LogP contribution in [0.3, 0.4) is 0 Å². The first kappa shape index (κ1) is 24.0. The van der Waals surface area contributed by atoms with E-state index >= 15 is 0 Å². The third-order valence-electron chi connectivity index (χ3n) is 6.04. The van der Waals surface area contributed by atoms with Gasteiger partial charge in [0.05, 0.1) is 29.5 Å². The monoisotopic (exact) mass is 501 g/mol. The van der Waals surface area contributed by atoms with Crippen molar-refractivity contribution in [1.82, 2.24) is 29.4 Å². The van der Waals surface area contributed by atoms with Gasteiger partial charge in [0.25, 0.3) is 5.56 Å². The molecule has 1 fully saturated rings. The minimum absolute atomic E-state index is 0.0992. The highest BCUT2D eigenvalue weighted by Gasteiger charge is 2.17. The summed E-state index contributed by atoms with van der Waals surface area (Å²) < 4.78 is 16.5. The van der Waals surface area contributed by atoms with Gasteiger partial charge < -0.3 is 20.4 Å². The number of amides is 1. The Morgan fingerprint density at radius 3 is 2.65 bits per heavy atom. The van der Waals surface area contributed by atoms with Crippen LogP contribution in [-0.4, -0.2) is 68.5 Å². The fraction of sp³-hybridized carbons (Fsp3) is 0.200. The third-order valence-corrected chi connectivity index (χ3v) is 6.04. The van der Waals surface area contributed by atoms with Gasteiger partial charge in [-0.05, 0) is 37.4 Å². The molecule has 3 aromatic heterocycles. The Labute approximate surface area is 211 Å². The number of benzene rings is 1. The molecule has 12 heteroatoms. The second kappa shape index (κ2) is 10.1. The van der Waals surface area contributed by atoms with Crippen molar-refractivity contribution >= 4 is 40.0 Å². The van der Waals surface area contributed by atoms with Gasteiger partial charge in [-0.1, -0.05) is 6.58 Å². The molecule has 1 aliphatic heterocycles. The van der Waals surface area contributed by atoms with Crippen LogP contribution in [0.5, 0.6) is 0 Å². The smallest absolute Gasteiger partial charge is 0.283 e. The zero-order valence-corrected chi connectivity index (χ0v) is 20.1. The predicted octanol–water partition coefficient (Wildman–Crippen LogP) is 2.33. The number of fused-ring (bicyclic) bond motifs is 1. The summed E-state index contributed by atoms with van der Waals surface area (Å²) in [7, 11) is 2.07. The summed E-state index contributed by atoms with van der Waals surface area (Å²) in [5, 5.41) is 5.70. The van der Waals surface area contributed by atoms with E-state index in [1.807, 2.05) is 6.07 Å². The number of hydrogen-bond acceptors (Lipinski definition) is 9. The molecule has 1 amide bonds. The Balaban J connectivity index is 1.46. The molecule has 2 N–H and O–H groups in total. The van der Waals surface area contributed by atoms with Crippen LogP contribution in [0.15, 0.2) is 66.6 Å². The number of pyridine rings is 1. The Bertz CT molecular complexity index is 1550. The lowest BCUT2D eigenvalue weighted by atomic mass is 10.2. The average Bonchev–Trinajstić information content (AvgIpc) is 2.90. The van der Waals surface area contributed by atoms with E-state index in [1.165, 1.54) is 35.6 Å². The highest BCUT2D eigenvalue weighted by atomic mass is 19.1. The minimum atomic E-state index is -0.510. The lowest BCUT2D eigenvalue weighted by Crippen LogP contribution is -2.44. The molecule has 0 saturated carbocycles. The summed E-state index contributed by atoms with van der Waals surface area (Å²) in [6.45, 7) is 6.93. The van der Waals surface area contributed by atoms with E-state index in [-0.39, 0.29) is 22.7 Å². The SMILES string of the molecule is C=CC(=O)Nc1cncc(-n2cnc(=O)c3cnc(Nc4ccc(N5CCN(C)CC5)cc4F)nc32)c1. The van der Waals surface area contributed by atoms with Crippen LogP contribution < -0.4 is 21.1 Å². The maximum absolute atomic E-state index is 15.0. The molecule has 11 nitrogen and oxygen atoms in total. The lowest BCUT2D eigenvalue weighted by Gasteiger charge is -2.34. The maximum atomic E-state index is 15.0. The molecule has 5 rings (SSSR count). The second-order valence-corrected chi connectivity index (χ2v) is 8.56. The highest BCUT2D eigenvalue weighted by molar-refractivity contribution is 5.98. The van der Waals surface area contributed by atoms with Crippen LogP contribution in [0.1, 0.15) is 0 Å². The summed E-state index contributed by atoms with van der Waals surface area (Å²) in [6.07, 6.45) is 6.79. The van der Waals surface area contributed by atoms with Gasteiger partial charge in [0.15, 0.2) is 5.65 Å². The van der Waals surface area contributed by atoms with E-state index in [2.05, 4.69) is 54.0 Å². The van der Waals surface area contributed by atoms with Crippen molar-refractivity contribution in [2.45, 2.75) is 0 Å². The minimum Gasteiger partial charge on any atom is -0.369 e. The quantitative estimate of drug-likeness (QED) is 0.384. The van der Waals surface area contributed by atoms with E-state index in [1.54, 1.807) is 12.1 Å². The number of nitrogens with zero attached hydrogens (tertiary/aromatic N) is 7. The first-order valence-corrected chi connectivity index (χ1v) is 11.5.